The number of hydrogen-bond donors (Lipinski definition) is 0. The van der Waals surface area contributed by atoms with Crippen LogP contribution in [0.15, 0.2) is 24.3 Å². The van der Waals surface area contributed by atoms with Gasteiger partial charge in [-0.05, 0) is 85.1 Å². The number of hydroxylamine groups is 2. The number of ketones is 1. The Morgan fingerprint density at radius 3 is 1.85 bits per heavy atom. The molecule has 2 amide bonds. The number of Topliss-reactive ketones (excluding diaryl/α,β-unsaturated/α-hetero) is 1. The molecule has 0 saturated carbocycles. The fourth-order valence-electron chi connectivity index (χ4n) is 4.69. The molecule has 11 nitrogen and oxygen atoms in total. The minimum atomic E-state index is -0.825. The van der Waals surface area contributed by atoms with Crippen LogP contribution in [0.2, 0.25) is 0 Å². The Hall–Kier alpha value is -3.76. The van der Waals surface area contributed by atoms with Gasteiger partial charge in [-0.2, -0.15) is 0 Å². The summed E-state index contributed by atoms with van der Waals surface area (Å²) in [7, 11) is 0. The molecule has 1 aromatic carbocycles. The Bertz CT molecular complexity index is 1180. The van der Waals surface area contributed by atoms with Crippen LogP contribution in [0.5, 0.6) is 5.75 Å². The summed E-state index contributed by atoms with van der Waals surface area (Å²) in [5.41, 5.74) is -0.810. The fourth-order valence-corrected chi connectivity index (χ4v) is 4.69. The van der Waals surface area contributed by atoms with E-state index < -0.39 is 40.9 Å². The molecule has 1 unspecified atom stereocenters. The summed E-state index contributed by atoms with van der Waals surface area (Å²) in [4.78, 5) is 78.1. The van der Waals surface area contributed by atoms with Crippen molar-refractivity contribution in [3.05, 3.63) is 29.8 Å². The van der Waals surface area contributed by atoms with Crippen LogP contribution in [0.25, 0.3) is 0 Å². The van der Waals surface area contributed by atoms with Crippen LogP contribution >= 0.6 is 0 Å². The van der Waals surface area contributed by atoms with Gasteiger partial charge < -0.3 is 19.0 Å². The number of rotatable bonds is 19. The molecule has 0 radical (unpaired) electrons. The predicted octanol–water partition coefficient (Wildman–Crippen LogP) is 6.45. The van der Waals surface area contributed by atoms with Crippen LogP contribution < -0.4 is 4.74 Å². The maximum atomic E-state index is 12.8. The molecule has 46 heavy (non-hydrogen) atoms. The lowest BCUT2D eigenvalue weighted by Crippen LogP contribution is -2.33. The van der Waals surface area contributed by atoms with E-state index >= 15 is 0 Å². The van der Waals surface area contributed by atoms with E-state index in [9.17, 15) is 28.8 Å². The van der Waals surface area contributed by atoms with Crippen molar-refractivity contribution in [2.75, 3.05) is 6.61 Å². The lowest BCUT2D eigenvalue weighted by Gasteiger charge is -2.23. The molecular formula is C35H51NO10. The van der Waals surface area contributed by atoms with E-state index in [1.807, 2.05) is 20.8 Å². The van der Waals surface area contributed by atoms with Gasteiger partial charge in [0.1, 0.15) is 22.7 Å². The number of amides is 2. The van der Waals surface area contributed by atoms with Crippen molar-refractivity contribution in [2.24, 2.45) is 5.92 Å². The number of carbonyl (C=O) groups is 6. The van der Waals surface area contributed by atoms with Crippen LogP contribution in [0.4, 0.5) is 0 Å². The third-order valence-electron chi connectivity index (χ3n) is 6.97. The summed E-state index contributed by atoms with van der Waals surface area (Å²) < 4.78 is 16.6. The Morgan fingerprint density at radius 1 is 0.739 bits per heavy atom. The molecule has 0 spiro atoms. The highest BCUT2D eigenvalue weighted by atomic mass is 16.7. The van der Waals surface area contributed by atoms with Crippen LogP contribution in [0, 0.1) is 5.92 Å². The highest BCUT2D eigenvalue weighted by Crippen LogP contribution is 2.22. The largest absolute Gasteiger partial charge is 0.494 e. The first-order valence-corrected chi connectivity index (χ1v) is 16.3. The minimum absolute atomic E-state index is 0.00753. The van der Waals surface area contributed by atoms with Crippen LogP contribution in [0.3, 0.4) is 0 Å². The highest BCUT2D eigenvalue weighted by Gasteiger charge is 2.34. The minimum Gasteiger partial charge on any atom is -0.494 e. The third-order valence-corrected chi connectivity index (χ3v) is 6.97. The maximum Gasteiger partial charge on any atom is 0.338 e. The van der Waals surface area contributed by atoms with E-state index in [-0.39, 0.29) is 43.9 Å². The molecule has 1 saturated heterocycles. The Balaban J connectivity index is 1.62. The number of carbonyl (C=O) groups excluding carboxylic acids is 6. The van der Waals surface area contributed by atoms with Gasteiger partial charge in [-0.15, -0.1) is 5.06 Å². The monoisotopic (exact) mass is 645 g/mol. The quantitative estimate of drug-likeness (QED) is 0.0936. The van der Waals surface area contributed by atoms with Crippen molar-refractivity contribution < 1.29 is 47.8 Å². The molecule has 1 aliphatic rings. The topological polar surface area (TPSA) is 143 Å². The molecular weight excluding hydrogens is 594 g/mol. The summed E-state index contributed by atoms with van der Waals surface area (Å²) in [6, 6.07) is 6.94. The van der Waals surface area contributed by atoms with Gasteiger partial charge in [-0.3, -0.25) is 19.2 Å². The second-order valence-corrected chi connectivity index (χ2v) is 13.7. The normalized spacial score (nSPS) is 14.2. The fraction of sp³-hybridized carbons (Fsp3) is 0.657. The van der Waals surface area contributed by atoms with Gasteiger partial charge >= 0.3 is 17.9 Å². The molecule has 0 aliphatic carbocycles. The second kappa shape index (κ2) is 18.4. The van der Waals surface area contributed by atoms with Gasteiger partial charge in [0.25, 0.3) is 11.8 Å². The Morgan fingerprint density at radius 2 is 1.28 bits per heavy atom. The Labute approximate surface area is 272 Å². The molecule has 1 aliphatic heterocycles. The Kier molecular flexibility index (Phi) is 15.4. The number of benzene rings is 1. The van der Waals surface area contributed by atoms with Gasteiger partial charge in [0.05, 0.1) is 18.1 Å². The zero-order chi connectivity index (χ0) is 34.3. The van der Waals surface area contributed by atoms with Gasteiger partial charge in [0, 0.05) is 32.1 Å². The van der Waals surface area contributed by atoms with Crippen molar-refractivity contribution >= 4 is 35.5 Å². The van der Waals surface area contributed by atoms with E-state index in [1.54, 1.807) is 45.0 Å². The zero-order valence-corrected chi connectivity index (χ0v) is 28.3. The first kappa shape index (κ1) is 38.4. The van der Waals surface area contributed by atoms with Crippen molar-refractivity contribution in [1.82, 2.24) is 5.06 Å². The molecule has 2 rings (SSSR count). The predicted molar refractivity (Wildman–Crippen MR) is 169 cm³/mol. The first-order valence-electron chi connectivity index (χ1n) is 16.3. The van der Waals surface area contributed by atoms with E-state index in [4.69, 9.17) is 19.0 Å². The number of imide groups is 1. The number of esters is 2. The maximum absolute atomic E-state index is 12.8. The number of ether oxygens (including phenoxy) is 3. The molecule has 0 aromatic heterocycles. The number of nitrogens with zero attached hydrogens (tertiary/aromatic N) is 1. The second-order valence-electron chi connectivity index (χ2n) is 13.7. The smallest absolute Gasteiger partial charge is 0.338 e. The lowest BCUT2D eigenvalue weighted by molar-refractivity contribution is -0.197. The van der Waals surface area contributed by atoms with E-state index in [1.165, 1.54) is 0 Å². The van der Waals surface area contributed by atoms with Crippen molar-refractivity contribution in [2.45, 2.75) is 136 Å². The summed E-state index contributed by atoms with van der Waals surface area (Å²) in [5.74, 6) is -3.09. The number of unbranched alkanes of at least 4 members (excludes halogenated alkanes) is 6. The molecule has 0 N–H and O–H groups in total. The summed E-state index contributed by atoms with van der Waals surface area (Å²) in [5, 5.41) is 0.472. The molecule has 1 heterocycles. The van der Waals surface area contributed by atoms with Crippen molar-refractivity contribution in [1.29, 1.82) is 0 Å². The van der Waals surface area contributed by atoms with Gasteiger partial charge in [0.15, 0.2) is 0 Å². The average molecular weight is 646 g/mol. The van der Waals surface area contributed by atoms with Gasteiger partial charge in [-0.1, -0.05) is 32.1 Å². The first-order chi connectivity index (χ1) is 21.5. The standard InChI is InChI=1S/C35H51NO10/c1-34(2,3)44-32(41)25-15-18-28(19-16-25)43-23-13-11-9-7-8-10-12-14-27(37)24-26(33(42)45-35(4,5)6)17-22-31(40)46-36-29(38)20-21-30(36)39/h15-16,18-19,26H,7-14,17,20-24H2,1-6H3. The molecule has 11 heteroatoms. The molecule has 0 bridgehead atoms. The highest BCUT2D eigenvalue weighted by molar-refractivity contribution is 6.01. The lowest BCUT2D eigenvalue weighted by atomic mass is 9.94. The van der Waals surface area contributed by atoms with E-state index in [2.05, 4.69) is 0 Å². The zero-order valence-electron chi connectivity index (χ0n) is 28.3. The van der Waals surface area contributed by atoms with E-state index in [0.717, 1.165) is 38.5 Å². The molecule has 1 aromatic rings. The SMILES string of the molecule is CC(C)(C)OC(=O)c1ccc(OCCCCCCCCCC(=O)CC(CCC(=O)ON2C(=O)CCC2=O)C(=O)OC(C)(C)C)cc1. The molecule has 1 atom stereocenters. The van der Waals surface area contributed by atoms with E-state index in [0.29, 0.717) is 35.8 Å². The number of hydrogen-bond acceptors (Lipinski definition) is 10. The summed E-state index contributed by atoms with van der Waals surface area (Å²) in [6.07, 6.45) is 6.69. The van der Waals surface area contributed by atoms with Gasteiger partial charge in [0.2, 0.25) is 0 Å². The summed E-state index contributed by atoms with van der Waals surface area (Å²) >= 11 is 0. The average Bonchev–Trinajstić information content (AvgIpc) is 3.26. The van der Waals surface area contributed by atoms with Gasteiger partial charge in [-0.25, -0.2) is 9.59 Å². The van der Waals surface area contributed by atoms with Crippen LogP contribution in [-0.4, -0.2) is 58.4 Å². The molecule has 256 valence electrons. The van der Waals surface area contributed by atoms with Crippen molar-refractivity contribution in [3.8, 4) is 5.75 Å². The molecule has 1 fully saturated rings. The summed E-state index contributed by atoms with van der Waals surface area (Å²) in [6.45, 7) is 11.3. The van der Waals surface area contributed by atoms with Crippen molar-refractivity contribution in [3.63, 3.8) is 0 Å². The third kappa shape index (κ3) is 15.5. The van der Waals surface area contributed by atoms with Crippen LogP contribution in [0.1, 0.15) is 135 Å². The van der Waals surface area contributed by atoms with Crippen LogP contribution in [-0.2, 0) is 38.3 Å².